The molecule has 9 heteroatoms. The number of aromatic nitrogens is 1. The molecule has 1 aromatic carbocycles. The van der Waals surface area contributed by atoms with Crippen LogP contribution in [0.1, 0.15) is 17.3 Å². The summed E-state index contributed by atoms with van der Waals surface area (Å²) in [5.41, 5.74) is 0.652. The molecule has 0 saturated carbocycles. The molecule has 0 N–H and O–H groups in total. The van der Waals surface area contributed by atoms with E-state index in [9.17, 15) is 9.18 Å². The van der Waals surface area contributed by atoms with Crippen LogP contribution in [-0.4, -0.2) is 23.7 Å². The lowest BCUT2D eigenvalue weighted by Gasteiger charge is -2.05. The van der Waals surface area contributed by atoms with Gasteiger partial charge in [-0.05, 0) is 25.1 Å². The number of thiophene rings is 1. The van der Waals surface area contributed by atoms with Gasteiger partial charge in [-0.2, -0.15) is 4.99 Å². The minimum absolute atomic E-state index is 0.242. The Morgan fingerprint density at radius 2 is 2.16 bits per heavy atom. The molecule has 3 aromatic rings. The summed E-state index contributed by atoms with van der Waals surface area (Å²) in [6.45, 7) is 3.22. The van der Waals surface area contributed by atoms with Crippen molar-refractivity contribution in [2.75, 3.05) is 13.2 Å². The predicted octanol–water partition coefficient (Wildman–Crippen LogP) is 4.99. The number of carbonyl (C=O) groups excluding carboxylic acids is 1. The second-order valence-electron chi connectivity index (χ2n) is 4.97. The van der Waals surface area contributed by atoms with E-state index in [0.717, 1.165) is 11.3 Å². The Kier molecular flexibility index (Phi) is 5.91. The average Bonchev–Trinajstić information content (AvgIpc) is 3.08. The van der Waals surface area contributed by atoms with Crippen LogP contribution in [0.15, 0.2) is 29.3 Å². The third-order valence-corrected chi connectivity index (χ3v) is 5.93. The molecule has 3 rings (SSSR count). The fraction of sp³-hybridized carbons (Fsp3) is 0.250. The number of hydrogen-bond acceptors (Lipinski definition) is 4. The highest BCUT2D eigenvalue weighted by atomic mass is 35.5. The summed E-state index contributed by atoms with van der Waals surface area (Å²) in [5.74, 6) is -0.874. The van der Waals surface area contributed by atoms with E-state index in [1.807, 2.05) is 6.92 Å². The number of thiazole rings is 1. The number of halogens is 3. The van der Waals surface area contributed by atoms with Crippen LogP contribution in [0.4, 0.5) is 4.39 Å². The maximum absolute atomic E-state index is 14.3. The third kappa shape index (κ3) is 3.96. The summed E-state index contributed by atoms with van der Waals surface area (Å²) in [6.07, 6.45) is 0. The summed E-state index contributed by atoms with van der Waals surface area (Å²) in [6, 6.07) is 6.28. The molecular weight excluding hydrogens is 406 g/mol. The van der Waals surface area contributed by atoms with Gasteiger partial charge in [0.2, 0.25) is 0 Å². The molecule has 0 aliphatic carbocycles. The molecule has 0 fully saturated rings. The van der Waals surface area contributed by atoms with Gasteiger partial charge in [0.05, 0.1) is 26.7 Å². The third-order valence-electron chi connectivity index (χ3n) is 3.40. The van der Waals surface area contributed by atoms with Gasteiger partial charge in [0.1, 0.15) is 10.2 Å². The quantitative estimate of drug-likeness (QED) is 0.547. The van der Waals surface area contributed by atoms with Gasteiger partial charge in [0.15, 0.2) is 4.80 Å². The Balaban J connectivity index is 2.10. The van der Waals surface area contributed by atoms with E-state index in [2.05, 4.69) is 4.99 Å². The van der Waals surface area contributed by atoms with Crippen molar-refractivity contribution in [1.29, 1.82) is 0 Å². The number of hydrogen-bond donors (Lipinski definition) is 0. The van der Waals surface area contributed by atoms with E-state index < -0.39 is 5.91 Å². The van der Waals surface area contributed by atoms with Crippen molar-refractivity contribution in [2.45, 2.75) is 13.5 Å². The van der Waals surface area contributed by atoms with E-state index in [1.54, 1.807) is 16.7 Å². The molecule has 0 unspecified atom stereocenters. The Morgan fingerprint density at radius 1 is 1.36 bits per heavy atom. The molecule has 25 heavy (non-hydrogen) atoms. The van der Waals surface area contributed by atoms with Crippen molar-refractivity contribution in [3.8, 4) is 0 Å². The van der Waals surface area contributed by atoms with Gasteiger partial charge in [0, 0.05) is 13.2 Å². The van der Waals surface area contributed by atoms with E-state index in [4.69, 9.17) is 27.9 Å². The maximum atomic E-state index is 14.3. The number of amides is 1. The van der Waals surface area contributed by atoms with Gasteiger partial charge in [-0.15, -0.1) is 11.3 Å². The van der Waals surface area contributed by atoms with E-state index in [1.165, 1.54) is 23.5 Å². The largest absolute Gasteiger partial charge is 0.380 e. The van der Waals surface area contributed by atoms with Crippen molar-refractivity contribution in [3.63, 3.8) is 0 Å². The van der Waals surface area contributed by atoms with Crippen LogP contribution in [-0.2, 0) is 11.3 Å². The molecule has 0 bridgehead atoms. The number of fused-ring (bicyclic) bond motifs is 1. The van der Waals surface area contributed by atoms with Crippen LogP contribution in [0.25, 0.3) is 10.2 Å². The lowest BCUT2D eigenvalue weighted by atomic mass is 10.3. The first-order chi connectivity index (χ1) is 12.0. The Morgan fingerprint density at radius 3 is 2.84 bits per heavy atom. The highest BCUT2D eigenvalue weighted by Crippen LogP contribution is 2.31. The van der Waals surface area contributed by atoms with E-state index >= 15 is 0 Å². The number of ether oxygens (including phenoxy) is 1. The fourth-order valence-corrected chi connectivity index (χ4v) is 4.83. The Labute approximate surface area is 161 Å². The van der Waals surface area contributed by atoms with Crippen molar-refractivity contribution in [1.82, 2.24) is 4.57 Å². The van der Waals surface area contributed by atoms with Crippen LogP contribution in [0, 0.1) is 5.82 Å². The zero-order chi connectivity index (χ0) is 18.0. The molecule has 0 radical (unpaired) electrons. The fourth-order valence-electron chi connectivity index (χ4n) is 2.31. The summed E-state index contributed by atoms with van der Waals surface area (Å²) in [4.78, 5) is 17.0. The first-order valence-electron chi connectivity index (χ1n) is 7.40. The number of carbonyl (C=O) groups is 1. The SMILES string of the molecule is CCOCCn1c(=NC(=O)c2cc(Cl)sc2Cl)sc2cccc(F)c21. The minimum Gasteiger partial charge on any atom is -0.380 e. The van der Waals surface area contributed by atoms with Crippen LogP contribution in [0.3, 0.4) is 0 Å². The summed E-state index contributed by atoms with van der Waals surface area (Å²) >= 11 is 14.2. The molecule has 1 amide bonds. The number of benzene rings is 1. The van der Waals surface area contributed by atoms with Crippen LogP contribution in [0.2, 0.25) is 8.67 Å². The molecule has 0 aliphatic rings. The van der Waals surface area contributed by atoms with E-state index in [-0.39, 0.29) is 15.7 Å². The smallest absolute Gasteiger partial charge is 0.282 e. The van der Waals surface area contributed by atoms with Crippen LogP contribution in [0.5, 0.6) is 0 Å². The highest BCUT2D eigenvalue weighted by molar-refractivity contribution is 7.20. The van der Waals surface area contributed by atoms with Gasteiger partial charge in [-0.3, -0.25) is 4.79 Å². The molecule has 0 aliphatic heterocycles. The van der Waals surface area contributed by atoms with Gasteiger partial charge >= 0.3 is 0 Å². The lowest BCUT2D eigenvalue weighted by Crippen LogP contribution is -2.20. The highest BCUT2D eigenvalue weighted by Gasteiger charge is 2.16. The van der Waals surface area contributed by atoms with Gasteiger partial charge in [-0.1, -0.05) is 40.6 Å². The lowest BCUT2D eigenvalue weighted by molar-refractivity contribution is 0.0997. The van der Waals surface area contributed by atoms with Crippen molar-refractivity contribution >= 4 is 62.0 Å². The first-order valence-corrected chi connectivity index (χ1v) is 9.79. The van der Waals surface area contributed by atoms with Gasteiger partial charge in [-0.25, -0.2) is 4.39 Å². The van der Waals surface area contributed by atoms with Crippen molar-refractivity contribution in [3.05, 3.63) is 49.1 Å². The zero-order valence-electron chi connectivity index (χ0n) is 13.1. The summed E-state index contributed by atoms with van der Waals surface area (Å²) in [5, 5.41) is 0. The van der Waals surface area contributed by atoms with Crippen molar-refractivity contribution in [2.24, 2.45) is 4.99 Å². The maximum Gasteiger partial charge on any atom is 0.282 e. The molecule has 2 aromatic heterocycles. The molecule has 4 nitrogen and oxygen atoms in total. The van der Waals surface area contributed by atoms with Gasteiger partial charge < -0.3 is 9.30 Å². The first kappa shape index (κ1) is 18.5. The standard InChI is InChI=1S/C16H13Cl2FN2O2S2/c1-2-23-7-6-21-13-10(19)4-3-5-11(13)24-16(21)20-15(22)9-8-12(17)25-14(9)18/h3-5,8H,2,6-7H2,1H3. The topological polar surface area (TPSA) is 43.6 Å². The zero-order valence-corrected chi connectivity index (χ0v) is 16.2. The molecule has 0 atom stereocenters. The number of rotatable bonds is 5. The number of para-hydroxylation sites is 1. The minimum atomic E-state index is -0.509. The summed E-state index contributed by atoms with van der Waals surface area (Å²) in [7, 11) is 0. The summed E-state index contributed by atoms with van der Waals surface area (Å²) < 4.78 is 22.7. The normalized spacial score (nSPS) is 12.2. The molecule has 132 valence electrons. The van der Waals surface area contributed by atoms with Crippen LogP contribution >= 0.6 is 45.9 Å². The molecule has 0 spiro atoms. The second kappa shape index (κ2) is 7.97. The van der Waals surface area contributed by atoms with Crippen molar-refractivity contribution < 1.29 is 13.9 Å². The second-order valence-corrected chi connectivity index (χ2v) is 8.27. The molecule has 0 saturated heterocycles. The molecular formula is C16H13Cl2FN2O2S2. The van der Waals surface area contributed by atoms with Crippen LogP contribution < -0.4 is 4.80 Å². The predicted molar refractivity (Wildman–Crippen MR) is 100 cm³/mol. The monoisotopic (exact) mass is 418 g/mol. The Hall–Kier alpha value is -1.25. The number of nitrogens with zero attached hydrogens (tertiary/aromatic N) is 2. The Bertz CT molecular complexity index is 994. The average molecular weight is 419 g/mol. The van der Waals surface area contributed by atoms with E-state index in [0.29, 0.717) is 39.1 Å². The molecule has 2 heterocycles. The van der Waals surface area contributed by atoms with Gasteiger partial charge in [0.25, 0.3) is 5.91 Å².